The fourth-order valence-electron chi connectivity index (χ4n) is 5.52. The molecule has 0 amide bonds. The number of allylic oxidation sites excluding steroid dienone is 2. The summed E-state index contributed by atoms with van der Waals surface area (Å²) in [5.74, 6) is -1.45. The minimum absolute atomic E-state index is 0.245. The third kappa shape index (κ3) is 26.3. The van der Waals surface area contributed by atoms with E-state index in [1.165, 1.54) is 38.5 Å². The molecule has 0 saturated heterocycles. The highest BCUT2D eigenvalue weighted by Gasteiger charge is 2.31. The molecule has 5 atom stereocenters. The molecule has 0 radical (unpaired) electrons. The molecule has 0 rings (SSSR count). The zero-order chi connectivity index (χ0) is 33.5. The number of aliphatic hydroxyl groups excluding tert-OH is 5. The number of hydrogen-bond donors (Lipinski definition) is 6. The van der Waals surface area contributed by atoms with Crippen LogP contribution in [0.25, 0.3) is 0 Å². The van der Waals surface area contributed by atoms with Gasteiger partial charge >= 0.3 is 11.9 Å². The summed E-state index contributed by atoms with van der Waals surface area (Å²) in [6, 6.07) is 0. The van der Waals surface area contributed by atoms with Gasteiger partial charge in [-0.2, -0.15) is 0 Å². The van der Waals surface area contributed by atoms with Crippen LogP contribution in [0.1, 0.15) is 161 Å². The molecule has 45 heavy (non-hydrogen) atoms. The molecule has 0 spiro atoms. The number of carbonyl (C=O) groups excluding carboxylic acids is 1. The number of carboxylic acid groups (broad SMARTS) is 1. The molecule has 0 aromatic rings. The van der Waals surface area contributed by atoms with Crippen molar-refractivity contribution in [2.24, 2.45) is 5.92 Å². The number of ether oxygens (including phenoxy) is 1. The lowest BCUT2D eigenvalue weighted by molar-refractivity contribution is -0.160. The van der Waals surface area contributed by atoms with E-state index in [2.05, 4.69) is 19.1 Å². The predicted molar refractivity (Wildman–Crippen MR) is 179 cm³/mol. The van der Waals surface area contributed by atoms with Crippen LogP contribution < -0.4 is 0 Å². The summed E-state index contributed by atoms with van der Waals surface area (Å²) in [4.78, 5) is 23.5. The summed E-state index contributed by atoms with van der Waals surface area (Å²) in [6.07, 6.45) is 23.0. The Kier molecular flexibility index (Phi) is 30.0. The molecule has 0 aromatic carbocycles. The summed E-state index contributed by atoms with van der Waals surface area (Å²) in [5.41, 5.74) is 0. The van der Waals surface area contributed by atoms with Crippen molar-refractivity contribution >= 4 is 11.9 Å². The van der Waals surface area contributed by atoms with Crippen LogP contribution in [-0.4, -0.2) is 80.2 Å². The zero-order valence-corrected chi connectivity index (χ0v) is 28.3. The molecule has 1 unspecified atom stereocenters. The van der Waals surface area contributed by atoms with Gasteiger partial charge in [0.15, 0.2) is 0 Å². The molecule has 0 heterocycles. The summed E-state index contributed by atoms with van der Waals surface area (Å²) >= 11 is 0. The number of carbonyl (C=O) groups is 2. The first-order valence-corrected chi connectivity index (χ1v) is 18.1. The maximum Gasteiger partial charge on any atom is 0.309 e. The van der Waals surface area contributed by atoms with E-state index in [4.69, 9.17) is 14.9 Å². The van der Waals surface area contributed by atoms with Gasteiger partial charge in [-0.15, -0.1) is 0 Å². The van der Waals surface area contributed by atoms with Gasteiger partial charge in [0.1, 0.15) is 31.0 Å². The van der Waals surface area contributed by atoms with Gasteiger partial charge in [-0.05, 0) is 44.9 Å². The molecule has 0 aliphatic rings. The van der Waals surface area contributed by atoms with E-state index < -0.39 is 49.6 Å². The van der Waals surface area contributed by atoms with Crippen molar-refractivity contribution in [3.8, 4) is 0 Å². The topological polar surface area (TPSA) is 165 Å². The molecule has 6 N–H and O–H groups in total. The average Bonchev–Trinajstić information content (AvgIpc) is 3.03. The van der Waals surface area contributed by atoms with Crippen LogP contribution in [0.15, 0.2) is 12.2 Å². The molecule has 0 aliphatic heterocycles. The fourth-order valence-corrected chi connectivity index (χ4v) is 5.52. The Labute approximate surface area is 273 Å². The molecular weight excluding hydrogens is 576 g/mol. The highest BCUT2D eigenvalue weighted by Crippen LogP contribution is 2.21. The van der Waals surface area contributed by atoms with Gasteiger partial charge in [0, 0.05) is 6.42 Å². The second kappa shape index (κ2) is 31.1. The van der Waals surface area contributed by atoms with Gasteiger partial charge in [-0.25, -0.2) is 0 Å². The Hall–Kier alpha value is -1.52. The Morgan fingerprint density at radius 3 is 1.49 bits per heavy atom. The largest absolute Gasteiger partial charge is 0.481 e. The number of unbranched alkanes of at least 4 members (excludes halogenated alkanes) is 18. The van der Waals surface area contributed by atoms with Crippen LogP contribution in [-0.2, 0) is 14.3 Å². The summed E-state index contributed by atoms with van der Waals surface area (Å²) < 4.78 is 5.33. The van der Waals surface area contributed by atoms with Crippen LogP contribution in [0.2, 0.25) is 0 Å². The highest BCUT2D eigenvalue weighted by molar-refractivity contribution is 5.72. The number of carboxylic acids is 1. The third-order valence-corrected chi connectivity index (χ3v) is 8.56. The molecule has 0 bridgehead atoms. The Morgan fingerprint density at radius 2 is 1.02 bits per heavy atom. The zero-order valence-electron chi connectivity index (χ0n) is 28.3. The van der Waals surface area contributed by atoms with Gasteiger partial charge in [0.2, 0.25) is 0 Å². The van der Waals surface area contributed by atoms with E-state index in [0.29, 0.717) is 12.8 Å². The molecule has 0 aromatic heterocycles. The summed E-state index contributed by atoms with van der Waals surface area (Å²) in [5, 5.41) is 57.1. The monoisotopic (exact) mass is 644 g/mol. The minimum atomic E-state index is -1.75. The second-order valence-electron chi connectivity index (χ2n) is 12.8. The van der Waals surface area contributed by atoms with Gasteiger partial charge in [0.25, 0.3) is 0 Å². The lowest BCUT2D eigenvalue weighted by Crippen LogP contribution is -2.47. The smallest absolute Gasteiger partial charge is 0.309 e. The van der Waals surface area contributed by atoms with E-state index in [1.807, 2.05) is 0 Å². The van der Waals surface area contributed by atoms with Crippen molar-refractivity contribution in [1.29, 1.82) is 0 Å². The van der Waals surface area contributed by atoms with E-state index in [-0.39, 0.29) is 12.3 Å². The Bertz CT molecular complexity index is 715. The molecular formula is C36H68O9. The van der Waals surface area contributed by atoms with E-state index in [9.17, 15) is 30.0 Å². The van der Waals surface area contributed by atoms with Crippen molar-refractivity contribution in [3.05, 3.63) is 12.2 Å². The van der Waals surface area contributed by atoms with Crippen molar-refractivity contribution in [3.63, 3.8) is 0 Å². The predicted octanol–water partition coefficient (Wildman–Crippen LogP) is 6.60. The lowest BCUT2D eigenvalue weighted by Gasteiger charge is -2.26. The van der Waals surface area contributed by atoms with Gasteiger partial charge in [-0.3, -0.25) is 9.59 Å². The van der Waals surface area contributed by atoms with Crippen LogP contribution in [0, 0.1) is 5.92 Å². The molecule has 0 saturated carbocycles. The van der Waals surface area contributed by atoms with Gasteiger partial charge in [-0.1, -0.05) is 122 Å². The van der Waals surface area contributed by atoms with Crippen LogP contribution >= 0.6 is 0 Å². The maximum atomic E-state index is 12.9. The summed E-state index contributed by atoms with van der Waals surface area (Å²) in [7, 11) is 0. The number of hydrogen-bond acceptors (Lipinski definition) is 8. The van der Waals surface area contributed by atoms with Crippen molar-refractivity contribution in [2.45, 2.75) is 185 Å². The minimum Gasteiger partial charge on any atom is -0.481 e. The lowest BCUT2D eigenvalue weighted by atomic mass is 9.94. The third-order valence-electron chi connectivity index (χ3n) is 8.56. The van der Waals surface area contributed by atoms with Gasteiger partial charge in [0.05, 0.1) is 12.5 Å². The molecule has 9 heteroatoms. The number of aliphatic hydroxyl groups is 5. The maximum absolute atomic E-state index is 12.9. The molecule has 0 fully saturated rings. The van der Waals surface area contributed by atoms with Crippen LogP contribution in [0.4, 0.5) is 0 Å². The van der Waals surface area contributed by atoms with Crippen LogP contribution in [0.3, 0.4) is 0 Å². The number of esters is 1. The van der Waals surface area contributed by atoms with E-state index in [1.54, 1.807) is 0 Å². The first-order chi connectivity index (χ1) is 21.7. The molecule has 9 nitrogen and oxygen atoms in total. The number of rotatable bonds is 33. The van der Waals surface area contributed by atoms with E-state index >= 15 is 0 Å². The second-order valence-corrected chi connectivity index (χ2v) is 12.8. The first kappa shape index (κ1) is 43.5. The SMILES string of the molecule is CCCCCCCC/C=C\CCCCCCC(CCCCCCCCCCCC(=O)O)C(=O)OC[C@H](O)[C@@H](O)[C@H](O)[C@H](O)CO. The van der Waals surface area contributed by atoms with Crippen molar-refractivity contribution in [2.75, 3.05) is 13.2 Å². The number of aliphatic carboxylic acids is 1. The Balaban J connectivity index is 4.41. The van der Waals surface area contributed by atoms with Gasteiger partial charge < -0.3 is 35.4 Å². The molecule has 0 aliphatic carbocycles. The van der Waals surface area contributed by atoms with Crippen molar-refractivity contribution in [1.82, 2.24) is 0 Å². The van der Waals surface area contributed by atoms with Crippen LogP contribution in [0.5, 0.6) is 0 Å². The Morgan fingerprint density at radius 1 is 0.600 bits per heavy atom. The standard InChI is InChI=1S/C36H68O9/c1-2-3-4-5-6-7-8-9-10-11-13-16-19-22-25-30(26-23-20-17-14-12-15-18-21-24-27-33(40)41)36(44)45-29-32(39)35(43)34(42)31(38)28-37/h9-10,30-32,34-35,37-39,42-43H,2-8,11-29H2,1H3,(H,40,41)/b10-9-/t30?,31-,32+,34-,35-/m1/s1. The molecule has 266 valence electrons. The normalized spacial score (nSPS) is 15.2. The van der Waals surface area contributed by atoms with Crippen molar-refractivity contribution < 1.29 is 45.0 Å². The fraction of sp³-hybridized carbons (Fsp3) is 0.889. The summed E-state index contributed by atoms with van der Waals surface area (Å²) in [6.45, 7) is 0.974. The average molecular weight is 645 g/mol. The first-order valence-electron chi connectivity index (χ1n) is 18.1. The van der Waals surface area contributed by atoms with E-state index in [0.717, 1.165) is 96.3 Å². The highest BCUT2D eigenvalue weighted by atomic mass is 16.5. The quantitative estimate of drug-likeness (QED) is 0.0262.